The molecule has 0 aliphatic rings. The Labute approximate surface area is 141 Å². The van der Waals surface area contributed by atoms with Gasteiger partial charge < -0.3 is 0 Å². The Bertz CT molecular complexity index is 725. The second-order valence-electron chi connectivity index (χ2n) is 5.72. The third-order valence-electron chi connectivity index (χ3n) is 4.17. The van der Waals surface area contributed by atoms with Gasteiger partial charge in [-0.25, -0.2) is 0 Å². The Morgan fingerprint density at radius 2 is 1.81 bits per heavy atom. The molecule has 3 heteroatoms. The van der Waals surface area contributed by atoms with E-state index in [0.29, 0.717) is 14.5 Å². The molecule has 2 heterocycles. The van der Waals surface area contributed by atoms with Crippen molar-refractivity contribution in [2.24, 2.45) is 0 Å². The van der Waals surface area contributed by atoms with Crippen molar-refractivity contribution in [3.63, 3.8) is 0 Å². The van der Waals surface area contributed by atoms with Gasteiger partial charge in [0.15, 0.2) is 0 Å². The van der Waals surface area contributed by atoms with Crippen LogP contribution in [0.5, 0.6) is 0 Å². The monoisotopic (exact) mass is 411 g/mol. The Morgan fingerprint density at radius 1 is 1.00 bits per heavy atom. The molecule has 0 saturated heterocycles. The Hall–Kier alpha value is -0.501. The topological polar surface area (TPSA) is 4.93 Å². The van der Waals surface area contributed by atoms with E-state index in [9.17, 15) is 0 Å². The summed E-state index contributed by atoms with van der Waals surface area (Å²) in [5.74, 6) is 0. The number of hydrogen-bond acceptors (Lipinski definition) is 0. The molecule has 0 amide bonds. The van der Waals surface area contributed by atoms with E-state index in [-0.39, 0.29) is 0 Å². The third kappa shape index (κ3) is 3.31. The summed E-state index contributed by atoms with van der Waals surface area (Å²) in [6, 6.07) is 9.08. The van der Waals surface area contributed by atoms with Gasteiger partial charge in [0, 0.05) is 0 Å². The Balaban J connectivity index is 1.79. The predicted molar refractivity (Wildman–Crippen MR) is 97.5 cm³/mol. The van der Waals surface area contributed by atoms with Gasteiger partial charge in [-0.1, -0.05) is 0 Å². The number of aromatic nitrogens is 1. The molecule has 21 heavy (non-hydrogen) atoms. The van der Waals surface area contributed by atoms with Crippen molar-refractivity contribution in [2.45, 2.75) is 52.0 Å². The number of benzene rings is 1. The maximum atomic E-state index is 3.62. The number of unbranched alkanes of at least 4 members (excludes halogenated alkanes) is 5. The molecule has 112 valence electrons. The number of nitrogens with zero attached hydrogens (tertiary/aromatic N) is 1. The summed E-state index contributed by atoms with van der Waals surface area (Å²) < 4.78 is 5.31. The Morgan fingerprint density at radius 3 is 2.67 bits per heavy atom. The predicted octanol–water partition coefficient (Wildman–Crippen LogP) is 5.97. The average Bonchev–Trinajstić information content (AvgIpc) is 3.04. The first-order chi connectivity index (χ1) is 10.3. The van der Waals surface area contributed by atoms with E-state index in [1.54, 1.807) is 4.26 Å². The van der Waals surface area contributed by atoms with Crippen LogP contribution < -0.4 is 0 Å². The van der Waals surface area contributed by atoms with Crippen LogP contribution in [0.4, 0.5) is 0 Å². The molecule has 0 aliphatic carbocycles. The average molecular weight is 411 g/mol. The van der Waals surface area contributed by atoms with Crippen LogP contribution in [0.25, 0.3) is 20.7 Å². The van der Waals surface area contributed by atoms with Crippen LogP contribution in [-0.2, 0) is 6.54 Å². The van der Waals surface area contributed by atoms with Crippen molar-refractivity contribution in [1.29, 1.82) is 0 Å². The van der Waals surface area contributed by atoms with E-state index in [1.807, 2.05) is 0 Å². The Kier molecular flexibility index (Phi) is 5.26. The quantitative estimate of drug-likeness (QED) is 0.333. The van der Waals surface area contributed by atoms with Gasteiger partial charge in [-0.3, -0.25) is 0 Å². The molecular weight excluding hydrogens is 389 g/mol. The molecule has 3 aromatic rings. The first kappa shape index (κ1) is 15.4. The summed E-state index contributed by atoms with van der Waals surface area (Å²) in [4.78, 5) is 2.36. The molecule has 1 nitrogen and oxygen atoms in total. The molecule has 0 spiro atoms. The summed E-state index contributed by atoms with van der Waals surface area (Å²) in [5, 5.41) is 1.46. The molecule has 3 rings (SSSR count). The normalized spacial score (nSPS) is 11.7. The summed E-state index contributed by atoms with van der Waals surface area (Å²) in [7, 11) is 0. The second-order valence-corrected chi connectivity index (χ2v) is 8.55. The third-order valence-corrected chi connectivity index (χ3v) is 6.62. The van der Waals surface area contributed by atoms with Gasteiger partial charge >= 0.3 is 141 Å². The summed E-state index contributed by atoms with van der Waals surface area (Å²) in [5.41, 5.74) is 2.88. The minimum absolute atomic E-state index is 0.522. The molecule has 0 radical (unpaired) electrons. The van der Waals surface area contributed by atoms with Gasteiger partial charge in [0.05, 0.1) is 0 Å². The molecule has 0 unspecified atom stereocenters. The van der Waals surface area contributed by atoms with Crippen molar-refractivity contribution in [2.75, 3.05) is 0 Å². The van der Waals surface area contributed by atoms with Gasteiger partial charge in [0.1, 0.15) is 0 Å². The zero-order valence-corrected chi connectivity index (χ0v) is 15.9. The zero-order valence-electron chi connectivity index (χ0n) is 12.6. The van der Waals surface area contributed by atoms with E-state index in [2.05, 4.69) is 56.6 Å². The van der Waals surface area contributed by atoms with Gasteiger partial charge in [0.2, 0.25) is 0 Å². The first-order valence-electron chi connectivity index (χ1n) is 7.96. The zero-order chi connectivity index (χ0) is 14.7. The van der Waals surface area contributed by atoms with Crippen molar-refractivity contribution in [3.05, 3.63) is 33.7 Å². The van der Waals surface area contributed by atoms with E-state index in [4.69, 9.17) is 0 Å². The molecule has 0 fully saturated rings. The van der Waals surface area contributed by atoms with Gasteiger partial charge in [-0.05, 0) is 0 Å². The second kappa shape index (κ2) is 7.17. The van der Waals surface area contributed by atoms with Gasteiger partial charge in [0.25, 0.3) is 0 Å². The number of hydrogen-bond donors (Lipinski definition) is 0. The SMILES string of the molecule is CCCCCCCCn1c2cc(Br)ccc2c2[se]ccc21. The van der Waals surface area contributed by atoms with Crippen LogP contribution in [0.1, 0.15) is 45.4 Å². The number of fused-ring (bicyclic) bond motifs is 3. The fourth-order valence-corrected chi connectivity index (χ4v) is 5.36. The number of rotatable bonds is 7. The number of aryl methyl sites for hydroxylation is 1. The summed E-state index contributed by atoms with van der Waals surface area (Å²) >= 11 is 4.15. The van der Waals surface area contributed by atoms with Crippen molar-refractivity contribution in [3.8, 4) is 0 Å². The number of halogens is 1. The molecule has 1 aromatic carbocycles. The molecule has 2 aromatic heterocycles. The fourth-order valence-electron chi connectivity index (χ4n) is 3.06. The van der Waals surface area contributed by atoms with Crippen LogP contribution in [0.15, 0.2) is 33.7 Å². The van der Waals surface area contributed by atoms with Gasteiger partial charge in [-0.2, -0.15) is 0 Å². The van der Waals surface area contributed by atoms with Crippen LogP contribution in [0, 0.1) is 0 Å². The summed E-state index contributed by atoms with van der Waals surface area (Å²) in [6.07, 6.45) is 8.16. The van der Waals surface area contributed by atoms with Crippen LogP contribution in [-0.4, -0.2) is 19.1 Å². The first-order valence-corrected chi connectivity index (χ1v) is 10.6. The molecule has 0 aliphatic heterocycles. The molecular formula is C18H22BrNSe. The van der Waals surface area contributed by atoms with Crippen LogP contribution in [0.3, 0.4) is 0 Å². The molecule has 0 N–H and O–H groups in total. The minimum atomic E-state index is 0.522. The van der Waals surface area contributed by atoms with Crippen LogP contribution >= 0.6 is 15.9 Å². The van der Waals surface area contributed by atoms with E-state index in [1.165, 1.54) is 59.4 Å². The van der Waals surface area contributed by atoms with Crippen molar-refractivity contribution >= 4 is 51.1 Å². The van der Waals surface area contributed by atoms with Crippen molar-refractivity contribution < 1.29 is 0 Å². The molecule has 0 bridgehead atoms. The summed E-state index contributed by atoms with van der Waals surface area (Å²) in [6.45, 7) is 3.44. The molecule has 0 saturated carbocycles. The standard InChI is InChI=1S/C18H22BrNSe/c1-2-3-4-5-6-7-11-20-16-10-12-21-18(16)15-9-8-14(19)13-17(15)20/h8-10,12-13H,2-7,11H2,1H3. The maximum absolute atomic E-state index is 3.62. The van der Waals surface area contributed by atoms with Crippen molar-refractivity contribution in [1.82, 2.24) is 4.57 Å². The molecule has 0 atom stereocenters. The fraction of sp³-hybridized carbons (Fsp3) is 0.444. The van der Waals surface area contributed by atoms with E-state index >= 15 is 0 Å². The van der Waals surface area contributed by atoms with E-state index in [0.717, 1.165) is 6.54 Å². The van der Waals surface area contributed by atoms with Gasteiger partial charge in [-0.15, -0.1) is 0 Å². The van der Waals surface area contributed by atoms with E-state index < -0.39 is 0 Å². The van der Waals surface area contributed by atoms with Crippen LogP contribution in [0.2, 0.25) is 0 Å².